The Morgan fingerprint density at radius 3 is 2.20 bits per heavy atom. The molecule has 108 valence electrons. The van der Waals surface area contributed by atoms with Crippen molar-refractivity contribution in [2.45, 2.75) is 30.0 Å². The predicted octanol–water partition coefficient (Wildman–Crippen LogP) is 2.27. The van der Waals surface area contributed by atoms with Crippen LogP contribution in [0.25, 0.3) is 0 Å². The van der Waals surface area contributed by atoms with Gasteiger partial charge in [0.2, 0.25) is 10.0 Å². The summed E-state index contributed by atoms with van der Waals surface area (Å²) in [7, 11) is -4.19. The van der Waals surface area contributed by atoms with Gasteiger partial charge in [0.1, 0.15) is 6.54 Å². The molecule has 0 aliphatic heterocycles. The van der Waals surface area contributed by atoms with Crippen LogP contribution in [0, 0.1) is 11.3 Å². The predicted molar refractivity (Wildman–Crippen MR) is 64.1 cm³/mol. The van der Waals surface area contributed by atoms with Gasteiger partial charge in [0.25, 0.3) is 0 Å². The summed E-state index contributed by atoms with van der Waals surface area (Å²) >= 11 is 0. The van der Waals surface area contributed by atoms with Gasteiger partial charge in [-0.2, -0.15) is 22.7 Å². The third-order valence-electron chi connectivity index (χ3n) is 2.88. The van der Waals surface area contributed by atoms with Crippen LogP contribution in [0.2, 0.25) is 0 Å². The van der Waals surface area contributed by atoms with Gasteiger partial charge in [0, 0.05) is 6.04 Å². The van der Waals surface area contributed by atoms with Crippen LogP contribution in [-0.4, -0.2) is 31.5 Å². The lowest BCUT2D eigenvalue weighted by molar-refractivity contribution is -0.137. The van der Waals surface area contributed by atoms with E-state index < -0.39 is 28.8 Å². The van der Waals surface area contributed by atoms with E-state index in [1.807, 2.05) is 6.07 Å². The Balaban J connectivity index is 2.32. The van der Waals surface area contributed by atoms with Gasteiger partial charge in [-0.1, -0.05) is 0 Å². The summed E-state index contributed by atoms with van der Waals surface area (Å²) < 4.78 is 62.5. The molecule has 1 aliphatic rings. The van der Waals surface area contributed by atoms with Gasteiger partial charge >= 0.3 is 6.18 Å². The zero-order chi connectivity index (χ0) is 15.0. The number of rotatable bonds is 4. The average Bonchev–Trinajstić information content (AvgIpc) is 3.19. The first-order valence-electron chi connectivity index (χ1n) is 5.83. The van der Waals surface area contributed by atoms with E-state index in [0.29, 0.717) is 17.1 Å². The molecule has 4 nitrogen and oxygen atoms in total. The van der Waals surface area contributed by atoms with Crippen molar-refractivity contribution in [1.29, 1.82) is 5.26 Å². The molecule has 1 aromatic carbocycles. The summed E-state index contributed by atoms with van der Waals surface area (Å²) in [5.74, 6) is 0. The van der Waals surface area contributed by atoms with Crippen LogP contribution in [0.5, 0.6) is 0 Å². The number of hydrogen-bond acceptors (Lipinski definition) is 3. The molecule has 2 rings (SSSR count). The molecular formula is C12H11F3N2O2S. The fraction of sp³-hybridized carbons (Fsp3) is 0.417. The van der Waals surface area contributed by atoms with Crippen molar-refractivity contribution in [3.05, 3.63) is 29.8 Å². The molecule has 8 heteroatoms. The lowest BCUT2D eigenvalue weighted by Gasteiger charge is -2.23. The summed E-state index contributed by atoms with van der Waals surface area (Å²) in [5.41, 5.74) is 0.248. The molecule has 1 aliphatic carbocycles. The van der Waals surface area contributed by atoms with Gasteiger partial charge in [-0.3, -0.25) is 0 Å². The van der Waals surface area contributed by atoms with Crippen molar-refractivity contribution >= 4 is 10.0 Å². The minimum atomic E-state index is -4.58. The van der Waals surface area contributed by atoms with Gasteiger partial charge in [-0.05, 0) is 37.1 Å². The van der Waals surface area contributed by atoms with Crippen molar-refractivity contribution in [2.24, 2.45) is 0 Å². The lowest BCUT2D eigenvalue weighted by Crippen LogP contribution is -2.40. The van der Waals surface area contributed by atoms with Crippen LogP contribution in [0.3, 0.4) is 0 Å². The molecule has 1 aromatic rings. The third kappa shape index (κ3) is 3.29. The van der Waals surface area contributed by atoms with Crippen molar-refractivity contribution in [3.8, 4) is 6.07 Å². The Labute approximate surface area is 114 Å². The van der Waals surface area contributed by atoms with Gasteiger partial charge in [0.15, 0.2) is 0 Å². The van der Waals surface area contributed by atoms with Gasteiger partial charge in [-0.15, -0.1) is 0 Å². The van der Waals surface area contributed by atoms with E-state index in [0.717, 1.165) is 12.1 Å². The average molecular weight is 304 g/mol. The van der Waals surface area contributed by atoms with Crippen molar-refractivity contribution < 1.29 is 21.6 Å². The second-order valence-corrected chi connectivity index (χ2v) is 6.42. The standard InChI is InChI=1S/C12H11F3N2O2S/c13-12(14,15)8-17(10-3-4-10)20(18,19)11-5-1-9(7-16)2-6-11/h1-2,5-6,10H,3-4,8H2. The molecule has 0 amide bonds. The maximum atomic E-state index is 12.5. The molecule has 0 N–H and O–H groups in total. The van der Waals surface area contributed by atoms with E-state index >= 15 is 0 Å². The van der Waals surface area contributed by atoms with Crippen LogP contribution < -0.4 is 0 Å². The van der Waals surface area contributed by atoms with E-state index in [2.05, 4.69) is 0 Å². The molecule has 0 saturated heterocycles. The summed E-state index contributed by atoms with van der Waals surface area (Å²) in [4.78, 5) is -0.229. The quantitative estimate of drug-likeness (QED) is 0.857. The monoisotopic (exact) mass is 304 g/mol. The molecule has 0 bridgehead atoms. The molecular weight excluding hydrogens is 293 g/mol. The molecule has 0 aromatic heterocycles. The summed E-state index contributed by atoms with van der Waals surface area (Å²) in [6.07, 6.45) is -3.71. The second kappa shape index (κ2) is 5.07. The van der Waals surface area contributed by atoms with Crippen LogP contribution >= 0.6 is 0 Å². The van der Waals surface area contributed by atoms with E-state index in [1.54, 1.807) is 0 Å². The lowest BCUT2D eigenvalue weighted by atomic mass is 10.2. The Morgan fingerprint density at radius 1 is 1.25 bits per heavy atom. The minimum absolute atomic E-state index is 0.229. The summed E-state index contributed by atoms with van der Waals surface area (Å²) in [6, 6.07) is 6.08. The molecule has 0 atom stereocenters. The second-order valence-electron chi connectivity index (χ2n) is 4.53. The first-order valence-corrected chi connectivity index (χ1v) is 7.27. The zero-order valence-electron chi connectivity index (χ0n) is 10.3. The highest BCUT2D eigenvalue weighted by molar-refractivity contribution is 7.89. The number of nitriles is 1. The Morgan fingerprint density at radius 2 is 1.80 bits per heavy atom. The van der Waals surface area contributed by atoms with Gasteiger partial charge < -0.3 is 0 Å². The molecule has 1 saturated carbocycles. The highest BCUT2D eigenvalue weighted by Crippen LogP contribution is 2.34. The van der Waals surface area contributed by atoms with E-state index in [9.17, 15) is 21.6 Å². The minimum Gasteiger partial charge on any atom is -0.207 e. The Hall–Kier alpha value is -1.59. The number of benzene rings is 1. The summed E-state index contributed by atoms with van der Waals surface area (Å²) in [6.45, 7) is -1.49. The zero-order valence-corrected chi connectivity index (χ0v) is 11.1. The first kappa shape index (κ1) is 14.8. The van der Waals surface area contributed by atoms with Crippen LogP contribution in [0.1, 0.15) is 18.4 Å². The Bertz CT molecular complexity index is 628. The Kier molecular flexibility index (Phi) is 3.75. The fourth-order valence-electron chi connectivity index (χ4n) is 1.79. The van der Waals surface area contributed by atoms with E-state index in [-0.39, 0.29) is 10.5 Å². The molecule has 1 fully saturated rings. The van der Waals surface area contributed by atoms with Crippen molar-refractivity contribution in [2.75, 3.05) is 6.54 Å². The molecule has 0 radical (unpaired) electrons. The first-order chi connectivity index (χ1) is 9.24. The van der Waals surface area contributed by atoms with Gasteiger partial charge in [-0.25, -0.2) is 8.42 Å². The molecule has 0 unspecified atom stereocenters. The van der Waals surface area contributed by atoms with Crippen LogP contribution in [0.15, 0.2) is 29.2 Å². The number of halogens is 3. The smallest absolute Gasteiger partial charge is 0.207 e. The SMILES string of the molecule is N#Cc1ccc(S(=O)(=O)N(CC(F)(F)F)C2CC2)cc1. The molecule has 0 heterocycles. The number of hydrogen-bond donors (Lipinski definition) is 0. The third-order valence-corrected chi connectivity index (χ3v) is 4.79. The van der Waals surface area contributed by atoms with Crippen LogP contribution in [-0.2, 0) is 10.0 Å². The fourth-order valence-corrected chi connectivity index (χ4v) is 3.46. The largest absolute Gasteiger partial charge is 0.402 e. The number of nitrogens with zero attached hydrogens (tertiary/aromatic N) is 2. The van der Waals surface area contributed by atoms with Gasteiger partial charge in [0.05, 0.1) is 16.5 Å². The highest BCUT2D eigenvalue weighted by Gasteiger charge is 2.44. The number of sulfonamides is 1. The normalized spacial score (nSPS) is 16.1. The highest BCUT2D eigenvalue weighted by atomic mass is 32.2. The van der Waals surface area contributed by atoms with Crippen LogP contribution in [0.4, 0.5) is 13.2 Å². The molecule has 0 spiro atoms. The number of alkyl halides is 3. The topological polar surface area (TPSA) is 61.2 Å². The van der Waals surface area contributed by atoms with Crippen molar-refractivity contribution in [1.82, 2.24) is 4.31 Å². The molecule has 20 heavy (non-hydrogen) atoms. The van der Waals surface area contributed by atoms with E-state index in [4.69, 9.17) is 5.26 Å². The summed E-state index contributed by atoms with van der Waals surface area (Å²) in [5, 5.41) is 8.63. The maximum Gasteiger partial charge on any atom is 0.402 e. The van der Waals surface area contributed by atoms with Crippen molar-refractivity contribution in [3.63, 3.8) is 0 Å². The maximum absolute atomic E-state index is 12.5. The van der Waals surface area contributed by atoms with E-state index in [1.165, 1.54) is 12.1 Å².